The van der Waals surface area contributed by atoms with Gasteiger partial charge in [0.15, 0.2) is 0 Å². The average molecular weight is 405 g/mol. The zero-order valence-corrected chi connectivity index (χ0v) is 17.5. The summed E-state index contributed by atoms with van der Waals surface area (Å²) >= 11 is 0. The minimum Gasteiger partial charge on any atom is -0.495 e. The van der Waals surface area contributed by atoms with E-state index in [1.807, 2.05) is 44.2 Å². The molecule has 0 bridgehead atoms. The van der Waals surface area contributed by atoms with Crippen LogP contribution < -0.4 is 14.8 Å². The molecule has 0 spiro atoms. The molecule has 152 valence electrons. The summed E-state index contributed by atoms with van der Waals surface area (Å²) in [5, 5.41) is 2.87. The molecule has 6 nitrogen and oxygen atoms in total. The topological polar surface area (TPSA) is 84.5 Å². The summed E-state index contributed by atoms with van der Waals surface area (Å²) in [7, 11) is -2.55. The molecule has 2 aromatic rings. The van der Waals surface area contributed by atoms with Gasteiger partial charge in [-0.2, -0.15) is 4.72 Å². The van der Waals surface area contributed by atoms with E-state index in [0.29, 0.717) is 0 Å². The second kappa shape index (κ2) is 9.71. The molecule has 0 radical (unpaired) electrons. The summed E-state index contributed by atoms with van der Waals surface area (Å²) in [4.78, 5) is 12.8. The lowest BCUT2D eigenvalue weighted by Gasteiger charge is -2.21. The Morgan fingerprint density at radius 3 is 2.43 bits per heavy atom. The molecule has 0 aliphatic carbocycles. The molecule has 0 fully saturated rings. The molecule has 2 atom stereocenters. The van der Waals surface area contributed by atoms with Crippen molar-refractivity contribution in [3.8, 4) is 5.75 Å². The molecule has 1 amide bonds. The van der Waals surface area contributed by atoms with Crippen molar-refractivity contribution in [1.82, 2.24) is 10.0 Å². The molecular formula is C21H28N2O4S. The standard InChI is InChI=1S/C21H28N2O4S/c1-5-16(3)22-21(24)18(14-17-9-7-6-8-10-17)23-28(25,26)20-13-15(2)11-12-19(20)27-4/h6-13,16,18,23H,5,14H2,1-4H3,(H,22,24)/t16-,18-/m0/s1. The van der Waals surface area contributed by atoms with Crippen molar-refractivity contribution in [2.45, 2.75) is 50.6 Å². The van der Waals surface area contributed by atoms with E-state index in [2.05, 4.69) is 10.0 Å². The van der Waals surface area contributed by atoms with E-state index >= 15 is 0 Å². The van der Waals surface area contributed by atoms with E-state index in [9.17, 15) is 13.2 Å². The van der Waals surface area contributed by atoms with Crippen molar-refractivity contribution in [3.05, 3.63) is 59.7 Å². The summed E-state index contributed by atoms with van der Waals surface area (Å²) in [6.07, 6.45) is 0.999. The highest BCUT2D eigenvalue weighted by atomic mass is 32.2. The Hall–Kier alpha value is -2.38. The van der Waals surface area contributed by atoms with E-state index in [1.54, 1.807) is 19.1 Å². The van der Waals surface area contributed by atoms with Crippen molar-refractivity contribution in [3.63, 3.8) is 0 Å². The first-order valence-electron chi connectivity index (χ1n) is 9.28. The van der Waals surface area contributed by atoms with Crippen LogP contribution in [0.3, 0.4) is 0 Å². The molecule has 2 N–H and O–H groups in total. The van der Waals surface area contributed by atoms with Gasteiger partial charge in [-0.05, 0) is 49.9 Å². The van der Waals surface area contributed by atoms with Gasteiger partial charge >= 0.3 is 0 Å². The van der Waals surface area contributed by atoms with Gasteiger partial charge in [-0.1, -0.05) is 43.3 Å². The third-order valence-corrected chi connectivity index (χ3v) is 6.00. The molecule has 2 aromatic carbocycles. The van der Waals surface area contributed by atoms with Gasteiger partial charge in [0.25, 0.3) is 0 Å². The highest BCUT2D eigenvalue weighted by Crippen LogP contribution is 2.25. The second-order valence-corrected chi connectivity index (χ2v) is 8.52. The first-order valence-corrected chi connectivity index (χ1v) is 10.8. The Balaban J connectivity index is 2.35. The molecule has 0 aliphatic rings. The van der Waals surface area contributed by atoms with Crippen molar-refractivity contribution < 1.29 is 17.9 Å². The molecule has 2 rings (SSSR count). The van der Waals surface area contributed by atoms with Crippen molar-refractivity contribution >= 4 is 15.9 Å². The highest BCUT2D eigenvalue weighted by Gasteiger charge is 2.28. The fourth-order valence-corrected chi connectivity index (χ4v) is 4.18. The largest absolute Gasteiger partial charge is 0.495 e. The van der Waals surface area contributed by atoms with Gasteiger partial charge in [-0.3, -0.25) is 4.79 Å². The molecule has 0 heterocycles. The van der Waals surface area contributed by atoms with E-state index in [1.165, 1.54) is 13.2 Å². The number of carbonyl (C=O) groups is 1. The number of sulfonamides is 1. The van der Waals surface area contributed by atoms with Crippen LogP contribution in [0.5, 0.6) is 5.75 Å². The number of aryl methyl sites for hydroxylation is 1. The zero-order chi connectivity index (χ0) is 20.7. The fourth-order valence-electron chi connectivity index (χ4n) is 2.73. The van der Waals surface area contributed by atoms with Crippen LogP contribution in [-0.4, -0.2) is 33.5 Å². The predicted molar refractivity (Wildman–Crippen MR) is 110 cm³/mol. The first-order chi connectivity index (χ1) is 13.3. The van der Waals surface area contributed by atoms with Crippen LogP contribution in [0.15, 0.2) is 53.4 Å². The number of hydrogen-bond donors (Lipinski definition) is 2. The lowest BCUT2D eigenvalue weighted by atomic mass is 10.1. The van der Waals surface area contributed by atoms with Crippen molar-refractivity contribution in [2.24, 2.45) is 0 Å². The van der Waals surface area contributed by atoms with Gasteiger partial charge in [0.2, 0.25) is 15.9 Å². The molecule has 0 aliphatic heterocycles. The molecule has 7 heteroatoms. The Labute approximate surface area is 167 Å². The van der Waals surface area contributed by atoms with Crippen LogP contribution in [0, 0.1) is 6.92 Å². The van der Waals surface area contributed by atoms with Gasteiger partial charge in [0.1, 0.15) is 16.7 Å². The van der Waals surface area contributed by atoms with E-state index in [0.717, 1.165) is 17.5 Å². The Bertz CT molecular complexity index is 898. The molecule has 0 unspecified atom stereocenters. The van der Waals surface area contributed by atoms with Crippen LogP contribution >= 0.6 is 0 Å². The van der Waals surface area contributed by atoms with E-state index < -0.39 is 16.1 Å². The first kappa shape index (κ1) is 21.9. The summed E-state index contributed by atoms with van der Waals surface area (Å²) in [6.45, 7) is 5.64. The van der Waals surface area contributed by atoms with E-state index in [-0.39, 0.29) is 29.0 Å². The smallest absolute Gasteiger partial charge is 0.244 e. The highest BCUT2D eigenvalue weighted by molar-refractivity contribution is 7.89. The van der Waals surface area contributed by atoms with Crippen LogP contribution in [0.1, 0.15) is 31.4 Å². The molecule has 0 aromatic heterocycles. The Kier molecular flexibility index (Phi) is 7.60. The van der Waals surface area contributed by atoms with Crippen LogP contribution in [0.2, 0.25) is 0 Å². The summed E-state index contributed by atoms with van der Waals surface area (Å²) in [6, 6.07) is 13.2. The van der Waals surface area contributed by atoms with Gasteiger partial charge < -0.3 is 10.1 Å². The minimum atomic E-state index is -3.97. The zero-order valence-electron chi connectivity index (χ0n) is 16.7. The van der Waals surface area contributed by atoms with Crippen LogP contribution in [0.4, 0.5) is 0 Å². The average Bonchev–Trinajstić information content (AvgIpc) is 2.68. The molecule has 28 heavy (non-hydrogen) atoms. The number of rotatable bonds is 9. The summed E-state index contributed by atoms with van der Waals surface area (Å²) in [5.41, 5.74) is 1.65. The van der Waals surface area contributed by atoms with Gasteiger partial charge in [0, 0.05) is 6.04 Å². The third-order valence-electron chi connectivity index (χ3n) is 4.51. The Morgan fingerprint density at radius 2 is 1.82 bits per heavy atom. The number of hydrogen-bond acceptors (Lipinski definition) is 4. The summed E-state index contributed by atoms with van der Waals surface area (Å²) in [5.74, 6) is -0.118. The predicted octanol–water partition coefficient (Wildman–Crippen LogP) is 2.81. The fraction of sp³-hybridized carbons (Fsp3) is 0.381. The minimum absolute atomic E-state index is 0.0180. The van der Waals surface area contributed by atoms with Gasteiger partial charge in [0.05, 0.1) is 7.11 Å². The molecule has 0 saturated carbocycles. The normalized spacial score (nSPS) is 13.6. The maximum Gasteiger partial charge on any atom is 0.244 e. The Morgan fingerprint density at radius 1 is 1.14 bits per heavy atom. The quantitative estimate of drug-likeness (QED) is 0.673. The third kappa shape index (κ3) is 5.81. The van der Waals surface area contributed by atoms with Crippen LogP contribution in [-0.2, 0) is 21.2 Å². The van der Waals surface area contributed by atoms with Crippen molar-refractivity contribution in [1.29, 1.82) is 0 Å². The monoisotopic (exact) mass is 404 g/mol. The maximum atomic E-state index is 13.1. The number of carbonyl (C=O) groups excluding carboxylic acids is 1. The molecular weight excluding hydrogens is 376 g/mol. The second-order valence-electron chi connectivity index (χ2n) is 6.84. The van der Waals surface area contributed by atoms with Crippen molar-refractivity contribution in [2.75, 3.05) is 7.11 Å². The van der Waals surface area contributed by atoms with Gasteiger partial charge in [-0.25, -0.2) is 8.42 Å². The van der Waals surface area contributed by atoms with Gasteiger partial charge in [-0.15, -0.1) is 0 Å². The number of ether oxygens (including phenoxy) is 1. The number of nitrogens with one attached hydrogen (secondary N) is 2. The lowest BCUT2D eigenvalue weighted by molar-refractivity contribution is -0.123. The number of methoxy groups -OCH3 is 1. The number of amides is 1. The number of benzene rings is 2. The lowest BCUT2D eigenvalue weighted by Crippen LogP contribution is -2.50. The molecule has 0 saturated heterocycles. The SMILES string of the molecule is CC[C@H](C)NC(=O)[C@H](Cc1ccccc1)NS(=O)(=O)c1cc(C)ccc1OC. The summed E-state index contributed by atoms with van der Waals surface area (Å²) < 4.78 is 33.9. The van der Waals surface area contributed by atoms with Crippen LogP contribution in [0.25, 0.3) is 0 Å². The van der Waals surface area contributed by atoms with E-state index in [4.69, 9.17) is 4.74 Å². The maximum absolute atomic E-state index is 13.1.